The molecule has 3 aromatic rings. The van der Waals surface area contributed by atoms with Gasteiger partial charge in [0.25, 0.3) is 0 Å². The second-order valence-electron chi connectivity index (χ2n) is 13.4. The van der Waals surface area contributed by atoms with Crippen LogP contribution in [0.25, 0.3) is 22.4 Å². The van der Waals surface area contributed by atoms with Crippen molar-refractivity contribution in [1.29, 1.82) is 0 Å². The van der Waals surface area contributed by atoms with Crippen molar-refractivity contribution in [3.63, 3.8) is 0 Å². The number of H-pyrrole nitrogens is 1. The first-order valence-electron chi connectivity index (χ1n) is 15.2. The Morgan fingerprint density at radius 3 is 1.95 bits per heavy atom. The zero-order valence-electron chi connectivity index (χ0n) is 26.2. The van der Waals surface area contributed by atoms with Crippen molar-refractivity contribution >= 4 is 12.2 Å². The molecule has 43 heavy (non-hydrogen) atoms. The normalized spacial score (nSPS) is 19.0. The highest BCUT2D eigenvalue weighted by molar-refractivity contribution is 5.71. The standard InChI is InChI=1S/C34H44N4O5/c1-33(2,3)42-31(39)37-19-7-9-26(37)22-41-27-17-15-24(16-18-27)23-11-13-25(14-12-23)28-21-35-30(36-28)29-10-8-20-38(29)32(40)43-34(4,5)6/h11-18,21,26,29H,7-10,19-20,22H2,1-6H3,(H,35,36). The quantitative estimate of drug-likeness (QED) is 0.319. The fraction of sp³-hybridized carbons (Fsp3) is 0.500. The number of carbonyl (C=O) groups is 2. The molecule has 230 valence electrons. The predicted molar refractivity (Wildman–Crippen MR) is 166 cm³/mol. The second kappa shape index (κ2) is 12.3. The van der Waals surface area contributed by atoms with E-state index in [9.17, 15) is 9.59 Å². The number of rotatable bonds is 6. The van der Waals surface area contributed by atoms with Crippen LogP contribution in [0.2, 0.25) is 0 Å². The Labute approximate surface area is 254 Å². The van der Waals surface area contributed by atoms with Gasteiger partial charge in [-0.25, -0.2) is 14.6 Å². The number of nitrogens with zero attached hydrogens (tertiary/aromatic N) is 3. The van der Waals surface area contributed by atoms with Gasteiger partial charge in [-0.3, -0.25) is 4.90 Å². The number of imidazole rings is 1. The lowest BCUT2D eigenvalue weighted by Crippen LogP contribution is -2.42. The molecule has 1 aromatic heterocycles. The first-order valence-corrected chi connectivity index (χ1v) is 15.2. The molecular formula is C34H44N4O5. The monoisotopic (exact) mass is 588 g/mol. The van der Waals surface area contributed by atoms with E-state index in [2.05, 4.69) is 34.2 Å². The van der Waals surface area contributed by atoms with Crippen LogP contribution < -0.4 is 4.74 Å². The summed E-state index contributed by atoms with van der Waals surface area (Å²) in [5.74, 6) is 1.55. The fourth-order valence-corrected chi connectivity index (χ4v) is 5.59. The number of hydrogen-bond acceptors (Lipinski definition) is 6. The minimum absolute atomic E-state index is 0.0131. The molecule has 0 aliphatic carbocycles. The van der Waals surface area contributed by atoms with Crippen LogP contribution in [0.15, 0.2) is 54.7 Å². The third kappa shape index (κ3) is 7.69. The Morgan fingerprint density at radius 2 is 1.33 bits per heavy atom. The summed E-state index contributed by atoms with van der Waals surface area (Å²) in [7, 11) is 0. The summed E-state index contributed by atoms with van der Waals surface area (Å²) in [5, 5.41) is 0. The van der Waals surface area contributed by atoms with Crippen molar-refractivity contribution in [3.05, 3.63) is 60.6 Å². The molecule has 1 N–H and O–H groups in total. The highest BCUT2D eigenvalue weighted by Gasteiger charge is 2.35. The molecule has 2 aliphatic rings. The molecule has 2 amide bonds. The first kappa shape index (κ1) is 30.4. The summed E-state index contributed by atoms with van der Waals surface area (Å²) in [5.41, 5.74) is 3.06. The van der Waals surface area contributed by atoms with E-state index >= 15 is 0 Å². The van der Waals surface area contributed by atoms with Gasteiger partial charge in [0.05, 0.1) is 24.0 Å². The summed E-state index contributed by atoms with van der Waals surface area (Å²) in [6.07, 6.45) is 4.89. The van der Waals surface area contributed by atoms with E-state index in [1.165, 1.54) is 0 Å². The van der Waals surface area contributed by atoms with Gasteiger partial charge in [-0.1, -0.05) is 36.4 Å². The van der Waals surface area contributed by atoms with Crippen LogP contribution in [0.5, 0.6) is 5.75 Å². The largest absolute Gasteiger partial charge is 0.491 e. The summed E-state index contributed by atoms with van der Waals surface area (Å²) in [4.78, 5) is 36.9. The number of carbonyl (C=O) groups excluding carboxylic acids is 2. The molecule has 0 saturated carbocycles. The Balaban J connectivity index is 1.18. The van der Waals surface area contributed by atoms with Gasteiger partial charge in [-0.2, -0.15) is 0 Å². The van der Waals surface area contributed by atoms with E-state index in [0.29, 0.717) is 19.7 Å². The molecule has 0 radical (unpaired) electrons. The lowest BCUT2D eigenvalue weighted by atomic mass is 10.0. The minimum Gasteiger partial charge on any atom is -0.491 e. The lowest BCUT2D eigenvalue weighted by Gasteiger charge is -2.28. The van der Waals surface area contributed by atoms with Crippen LogP contribution in [0.4, 0.5) is 9.59 Å². The van der Waals surface area contributed by atoms with Crippen molar-refractivity contribution in [2.24, 2.45) is 0 Å². The van der Waals surface area contributed by atoms with Crippen molar-refractivity contribution in [1.82, 2.24) is 19.8 Å². The topological polar surface area (TPSA) is 97.0 Å². The van der Waals surface area contributed by atoms with E-state index < -0.39 is 11.2 Å². The van der Waals surface area contributed by atoms with Crippen molar-refractivity contribution in [2.75, 3.05) is 19.7 Å². The summed E-state index contributed by atoms with van der Waals surface area (Å²) in [6, 6.07) is 16.2. The maximum Gasteiger partial charge on any atom is 0.410 e. The van der Waals surface area contributed by atoms with Gasteiger partial charge in [-0.15, -0.1) is 0 Å². The molecule has 2 aromatic carbocycles. The van der Waals surface area contributed by atoms with Crippen molar-refractivity contribution in [3.8, 4) is 28.1 Å². The molecule has 2 atom stereocenters. The van der Waals surface area contributed by atoms with Crippen LogP contribution in [0, 0.1) is 0 Å². The van der Waals surface area contributed by atoms with E-state index in [1.807, 2.05) is 72.0 Å². The molecule has 0 bridgehead atoms. The number of aromatic nitrogens is 2. The maximum absolute atomic E-state index is 12.7. The third-order valence-corrected chi connectivity index (χ3v) is 7.62. The molecular weight excluding hydrogens is 544 g/mol. The molecule has 2 aliphatic heterocycles. The van der Waals surface area contributed by atoms with Crippen molar-refractivity contribution < 1.29 is 23.8 Å². The van der Waals surface area contributed by atoms with E-state index in [4.69, 9.17) is 14.2 Å². The van der Waals surface area contributed by atoms with Gasteiger partial charge in [0.1, 0.15) is 29.4 Å². The van der Waals surface area contributed by atoms with Crippen molar-refractivity contribution in [2.45, 2.75) is 90.5 Å². The van der Waals surface area contributed by atoms with Gasteiger partial charge in [0, 0.05) is 13.1 Å². The number of ether oxygens (including phenoxy) is 3. The Hall–Kier alpha value is -4.01. The van der Waals surface area contributed by atoms with Gasteiger partial charge >= 0.3 is 12.2 Å². The fourth-order valence-electron chi connectivity index (χ4n) is 5.59. The highest BCUT2D eigenvalue weighted by Crippen LogP contribution is 2.33. The second-order valence-corrected chi connectivity index (χ2v) is 13.4. The zero-order chi connectivity index (χ0) is 30.8. The Bertz CT molecular complexity index is 1400. The number of likely N-dealkylation sites (tertiary alicyclic amines) is 2. The predicted octanol–water partition coefficient (Wildman–Crippen LogP) is 7.59. The van der Waals surface area contributed by atoms with Gasteiger partial charge < -0.3 is 24.1 Å². The molecule has 2 unspecified atom stereocenters. The van der Waals surface area contributed by atoms with Gasteiger partial charge in [0.2, 0.25) is 0 Å². The molecule has 9 nitrogen and oxygen atoms in total. The first-order chi connectivity index (χ1) is 20.4. The van der Waals surface area contributed by atoms with E-state index in [0.717, 1.165) is 59.6 Å². The van der Waals surface area contributed by atoms with Gasteiger partial charge in [0.15, 0.2) is 0 Å². The van der Waals surface area contributed by atoms with Crippen LogP contribution in [0.3, 0.4) is 0 Å². The average Bonchev–Trinajstić information content (AvgIpc) is 3.71. The SMILES string of the molecule is CC(C)(C)OC(=O)N1CCCC1COc1ccc(-c2ccc(-c3cnc(C4CCCN4C(=O)OC(C)(C)C)[nH]3)cc2)cc1. The summed E-state index contributed by atoms with van der Waals surface area (Å²) < 4.78 is 17.2. The summed E-state index contributed by atoms with van der Waals surface area (Å²) >= 11 is 0. The Kier molecular flexibility index (Phi) is 8.71. The number of benzene rings is 2. The van der Waals surface area contributed by atoms with Crippen LogP contribution in [-0.4, -0.2) is 68.9 Å². The Morgan fingerprint density at radius 1 is 0.791 bits per heavy atom. The van der Waals surface area contributed by atoms with E-state index in [-0.39, 0.29) is 24.3 Å². The minimum atomic E-state index is -0.533. The van der Waals surface area contributed by atoms with Crippen LogP contribution in [-0.2, 0) is 9.47 Å². The lowest BCUT2D eigenvalue weighted by molar-refractivity contribution is 0.0184. The maximum atomic E-state index is 12.7. The molecule has 5 rings (SSSR count). The smallest absolute Gasteiger partial charge is 0.410 e. The molecule has 2 saturated heterocycles. The number of amides is 2. The number of nitrogens with one attached hydrogen (secondary N) is 1. The molecule has 2 fully saturated rings. The van der Waals surface area contributed by atoms with Crippen LogP contribution >= 0.6 is 0 Å². The third-order valence-electron chi connectivity index (χ3n) is 7.62. The van der Waals surface area contributed by atoms with E-state index in [1.54, 1.807) is 9.80 Å². The zero-order valence-corrected chi connectivity index (χ0v) is 26.2. The van der Waals surface area contributed by atoms with Crippen LogP contribution in [0.1, 0.15) is 79.1 Å². The molecule has 0 spiro atoms. The highest BCUT2D eigenvalue weighted by atomic mass is 16.6. The number of aromatic amines is 1. The average molecular weight is 589 g/mol. The molecule has 3 heterocycles. The number of hydrogen-bond donors (Lipinski definition) is 1. The van der Waals surface area contributed by atoms with Gasteiger partial charge in [-0.05, 0) is 96.0 Å². The molecule has 9 heteroatoms. The summed E-state index contributed by atoms with van der Waals surface area (Å²) in [6.45, 7) is 13.1.